The Bertz CT molecular complexity index is 622. The average molecular weight is 304 g/mol. The first kappa shape index (κ1) is 12.8. The summed E-state index contributed by atoms with van der Waals surface area (Å²) in [6, 6.07) is 5.82. The van der Waals surface area contributed by atoms with Crippen molar-refractivity contribution in [2.75, 3.05) is 0 Å². The van der Waals surface area contributed by atoms with Crippen molar-refractivity contribution in [3.63, 3.8) is 0 Å². The van der Waals surface area contributed by atoms with Crippen LogP contribution >= 0.6 is 15.9 Å². The van der Waals surface area contributed by atoms with Gasteiger partial charge in [-0.15, -0.1) is 0 Å². The van der Waals surface area contributed by atoms with Crippen molar-refractivity contribution in [2.24, 2.45) is 0 Å². The zero-order chi connectivity index (χ0) is 13.0. The lowest BCUT2D eigenvalue weighted by Crippen LogP contribution is -1.87. The Morgan fingerprint density at radius 3 is 3.06 bits per heavy atom. The highest BCUT2D eigenvalue weighted by atomic mass is 79.9. The summed E-state index contributed by atoms with van der Waals surface area (Å²) in [5.41, 5.74) is 2.81. The summed E-state index contributed by atoms with van der Waals surface area (Å²) in [6.07, 6.45) is 8.43. The lowest BCUT2D eigenvalue weighted by atomic mass is 10.1. The smallest absolute Gasteiger partial charge is 0.199 e. The van der Waals surface area contributed by atoms with Gasteiger partial charge in [0.05, 0.1) is 0 Å². The minimum atomic E-state index is 0.669. The molecule has 0 aliphatic carbocycles. The molecule has 0 radical (unpaired) electrons. The Morgan fingerprint density at radius 1 is 1.50 bits per heavy atom. The molecule has 0 bridgehead atoms. The normalized spacial score (nSPS) is 12.4. The van der Waals surface area contributed by atoms with Gasteiger partial charge in [-0.25, -0.2) is 4.98 Å². The summed E-state index contributed by atoms with van der Waals surface area (Å²) in [6.45, 7) is 5.70. The van der Waals surface area contributed by atoms with Gasteiger partial charge in [-0.05, 0) is 30.7 Å². The fraction of sp³-hybridized carbons (Fsp3) is 0.133. The molecular formula is C15H14BrNO. The molecule has 0 aliphatic rings. The summed E-state index contributed by atoms with van der Waals surface area (Å²) >= 11 is 3.42. The summed E-state index contributed by atoms with van der Waals surface area (Å²) < 4.78 is 6.71. The van der Waals surface area contributed by atoms with E-state index in [-0.39, 0.29) is 0 Å². The van der Waals surface area contributed by atoms with E-state index in [2.05, 4.69) is 27.5 Å². The van der Waals surface area contributed by atoms with Crippen LogP contribution in [0.15, 0.2) is 63.5 Å². The lowest BCUT2D eigenvalue weighted by molar-refractivity contribution is 0.544. The number of hydrogen-bond donors (Lipinski definition) is 0. The molecule has 0 N–H and O–H groups in total. The van der Waals surface area contributed by atoms with Gasteiger partial charge in [0, 0.05) is 10.9 Å². The maximum absolute atomic E-state index is 5.71. The van der Waals surface area contributed by atoms with Gasteiger partial charge in [0.2, 0.25) is 0 Å². The first-order chi connectivity index (χ1) is 8.72. The zero-order valence-electron chi connectivity index (χ0n) is 10.2. The topological polar surface area (TPSA) is 26.0 Å². The van der Waals surface area contributed by atoms with Gasteiger partial charge in [0.15, 0.2) is 11.5 Å². The third-order valence-corrected chi connectivity index (χ3v) is 2.96. The predicted octanol–water partition coefficient (Wildman–Crippen LogP) is 4.82. The molecule has 1 aromatic carbocycles. The monoisotopic (exact) mass is 303 g/mol. The summed E-state index contributed by atoms with van der Waals surface area (Å²) in [4.78, 5) is 4.47. The number of hydrogen-bond acceptors (Lipinski definition) is 2. The molecule has 1 aromatic heterocycles. The SMILES string of the molecule is C=C/C=C(\C=C/C)Cc1nc2cc(Br)ccc2o1. The fourth-order valence-corrected chi connectivity index (χ4v) is 2.09. The average Bonchev–Trinajstić information content (AvgIpc) is 2.71. The second kappa shape index (κ2) is 5.83. The number of fused-ring (bicyclic) bond motifs is 1. The minimum absolute atomic E-state index is 0.669. The third-order valence-electron chi connectivity index (χ3n) is 2.46. The predicted molar refractivity (Wildman–Crippen MR) is 78.5 cm³/mol. The maximum atomic E-state index is 5.71. The molecule has 2 aromatic rings. The highest BCUT2D eigenvalue weighted by molar-refractivity contribution is 9.10. The summed E-state index contributed by atoms with van der Waals surface area (Å²) in [5.74, 6) is 0.717. The molecule has 0 saturated heterocycles. The molecule has 2 rings (SSSR count). The van der Waals surface area contributed by atoms with E-state index in [4.69, 9.17) is 4.42 Å². The largest absolute Gasteiger partial charge is 0.440 e. The molecule has 0 fully saturated rings. The van der Waals surface area contributed by atoms with Gasteiger partial charge in [0.25, 0.3) is 0 Å². The molecule has 3 heteroatoms. The van der Waals surface area contributed by atoms with Crippen molar-refractivity contribution in [3.8, 4) is 0 Å². The van der Waals surface area contributed by atoms with Crippen LogP contribution in [0.25, 0.3) is 11.1 Å². The standard InChI is InChI=1S/C15H14BrNO/c1-3-5-11(6-4-2)9-15-17-13-10-12(16)7-8-14(13)18-15/h3-8,10H,1,9H2,2H3/b6-4-,11-5+. The van der Waals surface area contributed by atoms with Crippen molar-refractivity contribution >= 4 is 27.0 Å². The van der Waals surface area contributed by atoms with E-state index in [0.717, 1.165) is 21.1 Å². The first-order valence-electron chi connectivity index (χ1n) is 5.72. The van der Waals surface area contributed by atoms with Gasteiger partial charge in [-0.3, -0.25) is 0 Å². The number of benzene rings is 1. The molecule has 0 saturated carbocycles. The van der Waals surface area contributed by atoms with Crippen LogP contribution in [0.4, 0.5) is 0 Å². The second-order valence-corrected chi connectivity index (χ2v) is 4.79. The Balaban J connectivity index is 2.31. The molecule has 0 spiro atoms. The molecule has 0 unspecified atom stereocenters. The van der Waals surface area contributed by atoms with Gasteiger partial charge in [-0.2, -0.15) is 0 Å². The van der Waals surface area contributed by atoms with Crippen LogP contribution in [0, 0.1) is 0 Å². The molecule has 0 amide bonds. The van der Waals surface area contributed by atoms with E-state index in [1.807, 2.05) is 43.4 Å². The lowest BCUT2D eigenvalue weighted by Gasteiger charge is -1.96. The van der Waals surface area contributed by atoms with Crippen LogP contribution in [-0.2, 0) is 6.42 Å². The quantitative estimate of drug-likeness (QED) is 0.757. The van der Waals surface area contributed by atoms with E-state index in [9.17, 15) is 0 Å². The fourth-order valence-electron chi connectivity index (χ4n) is 1.74. The number of nitrogens with zero attached hydrogens (tertiary/aromatic N) is 1. The van der Waals surface area contributed by atoms with E-state index in [0.29, 0.717) is 12.3 Å². The Labute approximate surface area is 115 Å². The molecule has 0 atom stereocenters. The minimum Gasteiger partial charge on any atom is -0.440 e. The highest BCUT2D eigenvalue weighted by Gasteiger charge is 2.06. The van der Waals surface area contributed by atoms with Crippen molar-refractivity contribution in [3.05, 3.63) is 65.0 Å². The van der Waals surface area contributed by atoms with Crippen LogP contribution < -0.4 is 0 Å². The molecular weight excluding hydrogens is 290 g/mol. The summed E-state index contributed by atoms with van der Waals surface area (Å²) in [5, 5.41) is 0. The number of aromatic nitrogens is 1. The van der Waals surface area contributed by atoms with Crippen LogP contribution in [0.2, 0.25) is 0 Å². The number of rotatable bonds is 4. The number of oxazole rings is 1. The van der Waals surface area contributed by atoms with E-state index in [1.165, 1.54) is 0 Å². The van der Waals surface area contributed by atoms with Gasteiger partial charge in [-0.1, -0.05) is 46.8 Å². The molecule has 0 aliphatic heterocycles. The Morgan fingerprint density at radius 2 is 2.33 bits per heavy atom. The van der Waals surface area contributed by atoms with E-state index >= 15 is 0 Å². The van der Waals surface area contributed by atoms with Crippen LogP contribution in [0.3, 0.4) is 0 Å². The van der Waals surface area contributed by atoms with Crippen LogP contribution in [0.1, 0.15) is 12.8 Å². The van der Waals surface area contributed by atoms with Gasteiger partial charge < -0.3 is 4.42 Å². The molecule has 92 valence electrons. The highest BCUT2D eigenvalue weighted by Crippen LogP contribution is 2.21. The van der Waals surface area contributed by atoms with Crippen molar-refractivity contribution in [1.29, 1.82) is 0 Å². The molecule has 2 nitrogen and oxygen atoms in total. The van der Waals surface area contributed by atoms with E-state index < -0.39 is 0 Å². The van der Waals surface area contributed by atoms with Crippen LogP contribution in [-0.4, -0.2) is 4.98 Å². The molecule has 1 heterocycles. The maximum Gasteiger partial charge on any atom is 0.199 e. The number of allylic oxidation sites excluding steroid dienone is 5. The first-order valence-corrected chi connectivity index (χ1v) is 6.51. The van der Waals surface area contributed by atoms with Crippen molar-refractivity contribution < 1.29 is 4.42 Å². The zero-order valence-corrected chi connectivity index (χ0v) is 11.8. The van der Waals surface area contributed by atoms with Crippen molar-refractivity contribution in [1.82, 2.24) is 4.98 Å². The number of halogens is 1. The third kappa shape index (κ3) is 2.99. The van der Waals surface area contributed by atoms with Gasteiger partial charge in [0.1, 0.15) is 5.52 Å². The van der Waals surface area contributed by atoms with Crippen molar-refractivity contribution in [2.45, 2.75) is 13.3 Å². The Hall–Kier alpha value is -1.61. The van der Waals surface area contributed by atoms with Crippen LogP contribution in [0.5, 0.6) is 0 Å². The second-order valence-electron chi connectivity index (χ2n) is 3.87. The summed E-state index contributed by atoms with van der Waals surface area (Å²) in [7, 11) is 0. The molecule has 18 heavy (non-hydrogen) atoms. The van der Waals surface area contributed by atoms with Gasteiger partial charge >= 0.3 is 0 Å². The van der Waals surface area contributed by atoms with E-state index in [1.54, 1.807) is 6.08 Å². The Kier molecular flexibility index (Phi) is 4.15.